The molecule has 23 heavy (non-hydrogen) atoms. The molecule has 1 saturated heterocycles. The molecule has 2 heterocycles. The number of hydrogen-bond donors (Lipinski definition) is 1. The van der Waals surface area contributed by atoms with Gasteiger partial charge in [0.2, 0.25) is 15.9 Å². The van der Waals surface area contributed by atoms with E-state index >= 15 is 0 Å². The standard InChI is InChI=1S/C14H15F2N3O3S/c15-14(16)22-13-11-2-1-3-12(10(11)4-5-18-13)23(20,21)19-8-6-17-7-9-19/h1-5,14,17H,6-9H2. The second-order valence-electron chi connectivity index (χ2n) is 5.00. The van der Waals surface area contributed by atoms with E-state index in [1.165, 1.54) is 34.8 Å². The predicted octanol–water partition coefficient (Wildman–Crippen LogP) is 1.43. The van der Waals surface area contributed by atoms with Gasteiger partial charge in [0, 0.05) is 43.1 Å². The van der Waals surface area contributed by atoms with Crippen molar-refractivity contribution in [2.45, 2.75) is 11.5 Å². The lowest BCUT2D eigenvalue weighted by atomic mass is 10.2. The molecule has 1 aromatic heterocycles. The molecule has 1 aliphatic rings. The van der Waals surface area contributed by atoms with Gasteiger partial charge in [-0.05, 0) is 18.2 Å². The van der Waals surface area contributed by atoms with Crippen molar-refractivity contribution < 1.29 is 21.9 Å². The Morgan fingerprint density at radius 1 is 1.17 bits per heavy atom. The molecule has 124 valence electrons. The van der Waals surface area contributed by atoms with Gasteiger partial charge >= 0.3 is 6.61 Å². The number of benzene rings is 1. The Hall–Kier alpha value is -1.84. The van der Waals surface area contributed by atoms with Gasteiger partial charge in [-0.15, -0.1) is 0 Å². The maximum atomic E-state index is 12.8. The molecule has 0 bridgehead atoms. The van der Waals surface area contributed by atoms with Gasteiger partial charge in [0.25, 0.3) is 0 Å². The minimum Gasteiger partial charge on any atom is -0.416 e. The van der Waals surface area contributed by atoms with Crippen molar-refractivity contribution in [2.75, 3.05) is 26.2 Å². The van der Waals surface area contributed by atoms with Gasteiger partial charge in [-0.25, -0.2) is 13.4 Å². The van der Waals surface area contributed by atoms with Crippen LogP contribution in [0.15, 0.2) is 35.4 Å². The van der Waals surface area contributed by atoms with E-state index in [0.717, 1.165) is 0 Å². The van der Waals surface area contributed by atoms with Crippen LogP contribution in [-0.2, 0) is 10.0 Å². The van der Waals surface area contributed by atoms with E-state index in [4.69, 9.17) is 0 Å². The molecule has 0 spiro atoms. The van der Waals surface area contributed by atoms with Crippen LogP contribution < -0.4 is 10.1 Å². The lowest BCUT2D eigenvalue weighted by Crippen LogP contribution is -2.46. The second kappa shape index (κ2) is 6.34. The number of halogens is 2. The molecule has 0 radical (unpaired) electrons. The number of nitrogens with one attached hydrogen (secondary N) is 1. The first-order valence-electron chi connectivity index (χ1n) is 7.03. The van der Waals surface area contributed by atoms with E-state index < -0.39 is 16.6 Å². The first kappa shape index (κ1) is 16.0. The van der Waals surface area contributed by atoms with E-state index in [9.17, 15) is 17.2 Å². The van der Waals surface area contributed by atoms with E-state index in [-0.39, 0.29) is 16.2 Å². The molecule has 6 nitrogen and oxygen atoms in total. The number of piperazine rings is 1. The third kappa shape index (κ3) is 3.12. The van der Waals surface area contributed by atoms with Crippen molar-refractivity contribution >= 4 is 20.8 Å². The van der Waals surface area contributed by atoms with Crippen molar-refractivity contribution in [1.82, 2.24) is 14.6 Å². The number of nitrogens with zero attached hydrogens (tertiary/aromatic N) is 2. The minimum atomic E-state index is -3.71. The van der Waals surface area contributed by atoms with Crippen molar-refractivity contribution in [3.05, 3.63) is 30.5 Å². The quantitative estimate of drug-likeness (QED) is 0.909. The van der Waals surface area contributed by atoms with Crippen molar-refractivity contribution in [1.29, 1.82) is 0 Å². The Bertz CT molecular complexity index is 808. The molecule has 0 amide bonds. The fraction of sp³-hybridized carbons (Fsp3) is 0.357. The largest absolute Gasteiger partial charge is 0.416 e. The lowest BCUT2D eigenvalue weighted by Gasteiger charge is -2.27. The van der Waals surface area contributed by atoms with Gasteiger partial charge in [0.15, 0.2) is 0 Å². The van der Waals surface area contributed by atoms with Crippen LogP contribution in [0.1, 0.15) is 0 Å². The van der Waals surface area contributed by atoms with Gasteiger partial charge in [-0.1, -0.05) is 6.07 Å². The molecule has 1 N–H and O–H groups in total. The summed E-state index contributed by atoms with van der Waals surface area (Å²) in [5.74, 6) is -0.283. The van der Waals surface area contributed by atoms with Crippen molar-refractivity contribution in [3.63, 3.8) is 0 Å². The Morgan fingerprint density at radius 2 is 1.91 bits per heavy atom. The van der Waals surface area contributed by atoms with E-state index in [1.807, 2.05) is 0 Å². The topological polar surface area (TPSA) is 71.5 Å². The summed E-state index contributed by atoms with van der Waals surface area (Å²) in [5.41, 5.74) is 0. The number of sulfonamides is 1. The highest BCUT2D eigenvalue weighted by atomic mass is 32.2. The average molecular weight is 343 g/mol. The summed E-state index contributed by atoms with van der Waals surface area (Å²) in [7, 11) is -3.71. The second-order valence-corrected chi connectivity index (χ2v) is 6.91. The maximum absolute atomic E-state index is 12.8. The highest BCUT2D eigenvalue weighted by molar-refractivity contribution is 7.89. The minimum absolute atomic E-state index is 0.0680. The smallest absolute Gasteiger partial charge is 0.388 e. The zero-order valence-corrected chi connectivity index (χ0v) is 12.9. The van der Waals surface area contributed by atoms with Crippen molar-refractivity contribution in [3.8, 4) is 5.88 Å². The number of ether oxygens (including phenoxy) is 1. The number of hydrogen-bond acceptors (Lipinski definition) is 5. The molecular formula is C14H15F2N3O3S. The Labute approximate surface area is 132 Å². The average Bonchev–Trinajstić information content (AvgIpc) is 2.55. The molecule has 9 heteroatoms. The summed E-state index contributed by atoms with van der Waals surface area (Å²) < 4.78 is 56.4. The van der Waals surface area contributed by atoms with Gasteiger partial charge < -0.3 is 10.1 Å². The van der Waals surface area contributed by atoms with E-state index in [0.29, 0.717) is 31.6 Å². The zero-order chi connectivity index (χ0) is 16.4. The number of pyridine rings is 1. The number of fused-ring (bicyclic) bond motifs is 1. The summed E-state index contributed by atoms with van der Waals surface area (Å²) >= 11 is 0. The van der Waals surface area contributed by atoms with Gasteiger partial charge in [0.05, 0.1) is 4.90 Å². The molecule has 0 saturated carbocycles. The van der Waals surface area contributed by atoms with Crippen LogP contribution in [0.25, 0.3) is 10.8 Å². The van der Waals surface area contributed by atoms with Crippen LogP contribution >= 0.6 is 0 Å². The molecule has 1 aliphatic heterocycles. The molecule has 1 fully saturated rings. The lowest BCUT2D eigenvalue weighted by molar-refractivity contribution is -0.0517. The maximum Gasteiger partial charge on any atom is 0.388 e. The van der Waals surface area contributed by atoms with E-state index in [1.54, 1.807) is 0 Å². The summed E-state index contributed by atoms with van der Waals surface area (Å²) in [4.78, 5) is 3.83. The van der Waals surface area contributed by atoms with Crippen LogP contribution in [0.2, 0.25) is 0 Å². The Balaban J connectivity index is 2.11. The molecule has 0 aliphatic carbocycles. The SMILES string of the molecule is O=S(=O)(c1cccc2c(OC(F)F)nccc12)N1CCNCC1. The summed E-state index contributed by atoms with van der Waals surface area (Å²) in [5, 5.41) is 3.64. The predicted molar refractivity (Wildman–Crippen MR) is 80.0 cm³/mol. The fourth-order valence-electron chi connectivity index (χ4n) is 2.58. The molecule has 0 atom stereocenters. The van der Waals surface area contributed by atoms with E-state index in [2.05, 4.69) is 15.0 Å². The highest BCUT2D eigenvalue weighted by Crippen LogP contribution is 2.30. The van der Waals surface area contributed by atoms with Crippen LogP contribution in [0.4, 0.5) is 8.78 Å². The summed E-state index contributed by atoms with van der Waals surface area (Å²) in [6.07, 6.45) is 1.26. The molecule has 0 unspecified atom stereocenters. The Kier molecular flexibility index (Phi) is 4.42. The highest BCUT2D eigenvalue weighted by Gasteiger charge is 2.28. The zero-order valence-electron chi connectivity index (χ0n) is 12.1. The molecule has 2 aromatic rings. The fourth-order valence-corrected chi connectivity index (χ4v) is 4.23. The van der Waals surface area contributed by atoms with Gasteiger partial charge in [-0.3, -0.25) is 0 Å². The third-order valence-electron chi connectivity index (χ3n) is 3.62. The molecule has 3 rings (SSSR count). The van der Waals surface area contributed by atoms with Gasteiger partial charge in [-0.2, -0.15) is 13.1 Å². The monoisotopic (exact) mass is 343 g/mol. The first-order chi connectivity index (χ1) is 11.0. The number of alkyl halides is 2. The van der Waals surface area contributed by atoms with Crippen molar-refractivity contribution in [2.24, 2.45) is 0 Å². The third-order valence-corrected chi connectivity index (χ3v) is 5.58. The normalized spacial score (nSPS) is 16.8. The Morgan fingerprint density at radius 3 is 2.61 bits per heavy atom. The number of aromatic nitrogens is 1. The van der Waals surface area contributed by atoms with Gasteiger partial charge in [0.1, 0.15) is 0 Å². The first-order valence-corrected chi connectivity index (χ1v) is 8.47. The van der Waals surface area contributed by atoms with Crippen LogP contribution in [0, 0.1) is 0 Å². The number of rotatable bonds is 4. The van der Waals surface area contributed by atoms with Crippen LogP contribution in [-0.4, -0.2) is 50.5 Å². The van der Waals surface area contributed by atoms with Crippen LogP contribution in [0.5, 0.6) is 5.88 Å². The summed E-state index contributed by atoms with van der Waals surface area (Å²) in [6.45, 7) is -1.15. The summed E-state index contributed by atoms with van der Waals surface area (Å²) in [6, 6.07) is 5.96. The van der Waals surface area contributed by atoms with Crippen LogP contribution in [0.3, 0.4) is 0 Å². The molecule has 1 aromatic carbocycles. The molecular weight excluding hydrogens is 328 g/mol.